The van der Waals surface area contributed by atoms with Crippen LogP contribution < -0.4 is 4.90 Å². The minimum absolute atomic E-state index is 0.0399. The molecule has 1 heterocycles. The fourth-order valence-electron chi connectivity index (χ4n) is 9.66. The topological polar surface area (TPSA) is 16.4 Å². The predicted octanol–water partition coefficient (Wildman–Crippen LogP) is 15.0. The molecule has 9 aromatic rings. The maximum Gasteiger partial charge on any atom is 0.135 e. The first-order chi connectivity index (χ1) is 27.3. The van der Waals surface area contributed by atoms with Gasteiger partial charge in [-0.25, -0.2) is 0 Å². The van der Waals surface area contributed by atoms with Crippen LogP contribution in [0.4, 0.5) is 17.1 Å². The summed E-state index contributed by atoms with van der Waals surface area (Å²) in [6.07, 6.45) is 0. The first-order valence-electron chi connectivity index (χ1n) is 19.7. The molecule has 0 unspecified atom stereocenters. The van der Waals surface area contributed by atoms with Crippen molar-refractivity contribution in [1.29, 1.82) is 0 Å². The van der Waals surface area contributed by atoms with Crippen molar-refractivity contribution in [2.24, 2.45) is 0 Å². The summed E-state index contributed by atoms with van der Waals surface area (Å²) in [5.74, 6) is 0. The van der Waals surface area contributed by atoms with Crippen LogP contribution in [0.1, 0.15) is 49.9 Å². The van der Waals surface area contributed by atoms with Crippen LogP contribution >= 0.6 is 0 Å². The zero-order valence-corrected chi connectivity index (χ0v) is 32.1. The first-order valence-corrected chi connectivity index (χ1v) is 19.7. The SMILES string of the molecule is CC1(C)c2ccccc2-c2ccc(-c3ccc(N(c4ccc(-c5ccccc5)cc4)c4ccc5c(c4)-c4cc6c(cc4C5(C)C)oc4ccccc46)cc3)cc21. The van der Waals surface area contributed by atoms with Gasteiger partial charge in [0.2, 0.25) is 0 Å². The number of hydrogen-bond donors (Lipinski definition) is 0. The van der Waals surface area contributed by atoms with E-state index in [1.54, 1.807) is 0 Å². The molecule has 0 fully saturated rings. The molecule has 2 aliphatic rings. The van der Waals surface area contributed by atoms with E-state index in [0.717, 1.165) is 39.0 Å². The number of benzene rings is 8. The Balaban J connectivity index is 1.03. The van der Waals surface area contributed by atoms with Gasteiger partial charge in [-0.15, -0.1) is 0 Å². The fourth-order valence-corrected chi connectivity index (χ4v) is 9.66. The molecule has 2 nitrogen and oxygen atoms in total. The van der Waals surface area contributed by atoms with E-state index in [9.17, 15) is 0 Å². The van der Waals surface area contributed by atoms with Gasteiger partial charge in [0, 0.05) is 38.7 Å². The molecule has 0 amide bonds. The van der Waals surface area contributed by atoms with Gasteiger partial charge in [0.05, 0.1) is 0 Å². The minimum atomic E-state index is -0.161. The summed E-state index contributed by atoms with van der Waals surface area (Å²) in [7, 11) is 0. The Kier molecular flexibility index (Phi) is 6.98. The molecule has 1 aromatic heterocycles. The van der Waals surface area contributed by atoms with Crippen LogP contribution in [0.25, 0.3) is 66.4 Å². The van der Waals surface area contributed by atoms with Crippen molar-refractivity contribution in [3.8, 4) is 44.5 Å². The average molecular weight is 720 g/mol. The first kappa shape index (κ1) is 32.8. The van der Waals surface area contributed by atoms with Crippen molar-refractivity contribution in [2.45, 2.75) is 38.5 Å². The third kappa shape index (κ3) is 4.82. The lowest BCUT2D eigenvalue weighted by molar-refractivity contribution is 0.647. The van der Waals surface area contributed by atoms with E-state index in [1.807, 2.05) is 6.07 Å². The summed E-state index contributed by atoms with van der Waals surface area (Å²) in [4.78, 5) is 2.40. The number of rotatable bonds is 5. The molecule has 0 aliphatic heterocycles. The van der Waals surface area contributed by atoms with Crippen molar-refractivity contribution in [1.82, 2.24) is 0 Å². The van der Waals surface area contributed by atoms with Crippen molar-refractivity contribution >= 4 is 39.0 Å². The average Bonchev–Trinajstić information content (AvgIpc) is 3.80. The molecule has 8 aromatic carbocycles. The lowest BCUT2D eigenvalue weighted by Crippen LogP contribution is -2.15. The molecule has 0 bridgehead atoms. The van der Waals surface area contributed by atoms with Gasteiger partial charge in [0.15, 0.2) is 0 Å². The lowest BCUT2D eigenvalue weighted by atomic mass is 9.81. The van der Waals surface area contributed by atoms with E-state index in [-0.39, 0.29) is 10.8 Å². The smallest absolute Gasteiger partial charge is 0.135 e. The maximum atomic E-state index is 6.37. The Bertz CT molecular complexity index is 3000. The van der Waals surface area contributed by atoms with Crippen molar-refractivity contribution in [2.75, 3.05) is 4.90 Å². The molecule has 11 rings (SSSR count). The summed E-state index contributed by atoms with van der Waals surface area (Å²) in [5, 5.41) is 2.32. The summed E-state index contributed by atoms with van der Waals surface area (Å²) in [6, 6.07) is 64.6. The largest absolute Gasteiger partial charge is 0.456 e. The molecule has 2 aliphatic carbocycles. The highest BCUT2D eigenvalue weighted by molar-refractivity contribution is 6.08. The predicted molar refractivity (Wildman–Crippen MR) is 234 cm³/mol. The quantitative estimate of drug-likeness (QED) is 0.176. The second-order valence-electron chi connectivity index (χ2n) is 16.6. The minimum Gasteiger partial charge on any atom is -0.456 e. The molecule has 0 atom stereocenters. The summed E-state index contributed by atoms with van der Waals surface area (Å²) in [5.41, 5.74) is 20.6. The summed E-state index contributed by atoms with van der Waals surface area (Å²) < 4.78 is 6.37. The molecule has 0 saturated heterocycles. The fraction of sp³-hybridized carbons (Fsp3) is 0.111. The Morgan fingerprint density at radius 1 is 0.339 bits per heavy atom. The number of hydrogen-bond acceptors (Lipinski definition) is 2. The Labute approximate surface area is 328 Å². The molecule has 0 radical (unpaired) electrons. The van der Waals surface area contributed by atoms with Gasteiger partial charge in [-0.1, -0.05) is 143 Å². The van der Waals surface area contributed by atoms with Gasteiger partial charge in [-0.2, -0.15) is 0 Å². The highest BCUT2D eigenvalue weighted by Gasteiger charge is 2.37. The standard InChI is InChI=1S/C54H41NO/c1-53(2)47-16-10-8-14-41(47)42-28-22-37(30-49(42)53)36-20-25-39(26-21-36)55(38-23-18-35(19-24-38)34-12-6-5-7-13-34)40-27-29-48-44(31-40)45-32-46-43-15-9-11-17-51(43)56-52(46)33-50(45)54(48,3)4/h5-33H,1-4H3. The number of nitrogens with zero attached hydrogens (tertiary/aromatic N) is 1. The highest BCUT2D eigenvalue weighted by atomic mass is 16.3. The molecule has 2 heteroatoms. The molecule has 0 saturated carbocycles. The van der Waals surface area contributed by atoms with Crippen LogP contribution in [0.5, 0.6) is 0 Å². The second-order valence-corrected chi connectivity index (χ2v) is 16.6. The normalized spacial score (nSPS) is 14.4. The van der Waals surface area contributed by atoms with Crippen LogP contribution in [-0.4, -0.2) is 0 Å². The Morgan fingerprint density at radius 3 is 1.62 bits per heavy atom. The van der Waals surface area contributed by atoms with Crippen LogP contribution in [0.3, 0.4) is 0 Å². The molecule has 268 valence electrons. The van der Waals surface area contributed by atoms with Gasteiger partial charge < -0.3 is 9.32 Å². The number of para-hydroxylation sites is 1. The van der Waals surface area contributed by atoms with Gasteiger partial charge in [0.25, 0.3) is 0 Å². The Hall–Kier alpha value is -6.64. The van der Waals surface area contributed by atoms with E-state index in [4.69, 9.17) is 4.42 Å². The lowest BCUT2D eigenvalue weighted by Gasteiger charge is -2.27. The van der Waals surface area contributed by atoms with Crippen molar-refractivity contribution in [3.05, 3.63) is 198 Å². The van der Waals surface area contributed by atoms with Crippen molar-refractivity contribution in [3.63, 3.8) is 0 Å². The molecular formula is C54H41NO. The van der Waals surface area contributed by atoms with Crippen LogP contribution in [0, 0.1) is 0 Å². The van der Waals surface area contributed by atoms with E-state index >= 15 is 0 Å². The third-order valence-electron chi connectivity index (χ3n) is 12.7. The van der Waals surface area contributed by atoms with E-state index in [0.29, 0.717) is 0 Å². The van der Waals surface area contributed by atoms with E-state index in [1.165, 1.54) is 66.8 Å². The van der Waals surface area contributed by atoms with E-state index < -0.39 is 0 Å². The van der Waals surface area contributed by atoms with E-state index in [2.05, 4.69) is 202 Å². The monoisotopic (exact) mass is 719 g/mol. The maximum absolute atomic E-state index is 6.37. The van der Waals surface area contributed by atoms with Gasteiger partial charge in [0.1, 0.15) is 11.2 Å². The van der Waals surface area contributed by atoms with Crippen LogP contribution in [0.2, 0.25) is 0 Å². The Morgan fingerprint density at radius 2 is 0.875 bits per heavy atom. The summed E-state index contributed by atoms with van der Waals surface area (Å²) >= 11 is 0. The molecule has 0 N–H and O–H groups in total. The third-order valence-corrected chi connectivity index (χ3v) is 12.7. The zero-order valence-electron chi connectivity index (χ0n) is 32.1. The van der Waals surface area contributed by atoms with Crippen LogP contribution in [-0.2, 0) is 10.8 Å². The van der Waals surface area contributed by atoms with Gasteiger partial charge in [-0.3, -0.25) is 0 Å². The number of anilines is 3. The van der Waals surface area contributed by atoms with Crippen LogP contribution in [0.15, 0.2) is 180 Å². The second kappa shape index (κ2) is 11.9. The summed E-state index contributed by atoms with van der Waals surface area (Å²) in [6.45, 7) is 9.37. The van der Waals surface area contributed by atoms with Gasteiger partial charge in [-0.05, 0) is 127 Å². The highest BCUT2D eigenvalue weighted by Crippen LogP contribution is 2.53. The zero-order chi connectivity index (χ0) is 37.8. The van der Waals surface area contributed by atoms with Crippen molar-refractivity contribution < 1.29 is 4.42 Å². The number of furan rings is 1. The molecule has 0 spiro atoms. The molecular weight excluding hydrogens is 679 g/mol. The van der Waals surface area contributed by atoms with Gasteiger partial charge >= 0.3 is 0 Å². The number of fused-ring (bicyclic) bond motifs is 9. The molecule has 56 heavy (non-hydrogen) atoms.